The number of aliphatic imine (C=N–C) groups is 1. The maximum Gasteiger partial charge on any atom is 0.243 e. The summed E-state index contributed by atoms with van der Waals surface area (Å²) in [4.78, 5) is 17.8. The van der Waals surface area contributed by atoms with Crippen LogP contribution >= 0.6 is 11.8 Å². The molecular formula is C17H34N4O2S. The molecule has 1 amide bonds. The second kappa shape index (κ2) is 12.4. The SMILES string of the molecule is CCOCCCNC(=NCC(=O)N(C)C)NC1CCCC(SC)C1. The molecule has 7 heteroatoms. The number of guanidine groups is 1. The monoisotopic (exact) mass is 358 g/mol. The first-order valence-corrected chi connectivity index (χ1v) is 10.2. The molecule has 0 aromatic carbocycles. The van der Waals surface area contributed by atoms with Gasteiger partial charge in [0.1, 0.15) is 6.54 Å². The molecule has 2 unspecified atom stereocenters. The highest BCUT2D eigenvalue weighted by Gasteiger charge is 2.22. The number of ether oxygens (including phenoxy) is 1. The Kier molecular flexibility index (Phi) is 10.9. The molecule has 0 aromatic heterocycles. The molecule has 1 saturated carbocycles. The van der Waals surface area contributed by atoms with Crippen molar-refractivity contribution < 1.29 is 9.53 Å². The fourth-order valence-electron chi connectivity index (χ4n) is 2.65. The summed E-state index contributed by atoms with van der Waals surface area (Å²) in [6.07, 6.45) is 7.98. The van der Waals surface area contributed by atoms with Crippen molar-refractivity contribution in [3.63, 3.8) is 0 Å². The first-order chi connectivity index (χ1) is 11.6. The lowest BCUT2D eigenvalue weighted by molar-refractivity contribution is -0.127. The standard InChI is InChI=1S/C17H34N4O2S/c1-5-23-11-7-10-18-17(19-13-16(22)21(2)3)20-14-8-6-9-15(12-14)24-4/h14-15H,5-13H2,1-4H3,(H2,18,19,20). The zero-order valence-corrected chi connectivity index (χ0v) is 16.5. The Morgan fingerprint density at radius 2 is 2.17 bits per heavy atom. The Balaban J connectivity index is 2.52. The van der Waals surface area contributed by atoms with E-state index in [9.17, 15) is 4.79 Å². The predicted octanol–water partition coefficient (Wildman–Crippen LogP) is 1.71. The van der Waals surface area contributed by atoms with Crippen LogP contribution in [0.1, 0.15) is 39.0 Å². The Morgan fingerprint density at radius 1 is 1.38 bits per heavy atom. The third-order valence-electron chi connectivity index (χ3n) is 4.13. The molecule has 2 atom stereocenters. The smallest absolute Gasteiger partial charge is 0.243 e. The first kappa shape index (κ1) is 21.1. The Labute approximate surface area is 151 Å². The van der Waals surface area contributed by atoms with E-state index in [-0.39, 0.29) is 12.5 Å². The zero-order valence-electron chi connectivity index (χ0n) is 15.6. The van der Waals surface area contributed by atoms with E-state index in [0.29, 0.717) is 6.04 Å². The molecule has 1 aliphatic carbocycles. The number of carbonyl (C=O) groups is 1. The van der Waals surface area contributed by atoms with E-state index < -0.39 is 0 Å². The zero-order chi connectivity index (χ0) is 17.8. The van der Waals surface area contributed by atoms with Gasteiger partial charge in [-0.2, -0.15) is 11.8 Å². The number of hydrogen-bond donors (Lipinski definition) is 2. The van der Waals surface area contributed by atoms with E-state index in [1.165, 1.54) is 19.3 Å². The van der Waals surface area contributed by atoms with Crippen molar-refractivity contribution in [1.29, 1.82) is 0 Å². The lowest BCUT2D eigenvalue weighted by Gasteiger charge is -2.30. The molecule has 6 nitrogen and oxygen atoms in total. The van der Waals surface area contributed by atoms with Crippen LogP contribution < -0.4 is 10.6 Å². The van der Waals surface area contributed by atoms with E-state index in [2.05, 4.69) is 21.9 Å². The van der Waals surface area contributed by atoms with Crippen LogP contribution in [0, 0.1) is 0 Å². The highest BCUT2D eigenvalue weighted by atomic mass is 32.2. The average molecular weight is 359 g/mol. The van der Waals surface area contributed by atoms with Crippen molar-refractivity contribution >= 4 is 23.6 Å². The number of nitrogens with one attached hydrogen (secondary N) is 2. The van der Waals surface area contributed by atoms with Gasteiger partial charge in [0.2, 0.25) is 5.91 Å². The molecule has 140 valence electrons. The maximum atomic E-state index is 11.8. The van der Waals surface area contributed by atoms with Gasteiger partial charge in [-0.25, -0.2) is 4.99 Å². The van der Waals surface area contributed by atoms with Crippen LogP contribution in [0.15, 0.2) is 4.99 Å². The first-order valence-electron chi connectivity index (χ1n) is 8.92. The van der Waals surface area contributed by atoms with E-state index in [1.54, 1.807) is 19.0 Å². The number of hydrogen-bond acceptors (Lipinski definition) is 4. The normalized spacial score (nSPS) is 21.4. The summed E-state index contributed by atoms with van der Waals surface area (Å²) < 4.78 is 5.36. The van der Waals surface area contributed by atoms with Crippen molar-refractivity contribution in [2.75, 3.05) is 46.7 Å². The van der Waals surface area contributed by atoms with E-state index >= 15 is 0 Å². The van der Waals surface area contributed by atoms with Crippen LogP contribution in [0.3, 0.4) is 0 Å². The molecule has 1 fully saturated rings. The fraction of sp³-hybridized carbons (Fsp3) is 0.882. The highest BCUT2D eigenvalue weighted by Crippen LogP contribution is 2.26. The molecule has 0 aliphatic heterocycles. The number of thioether (sulfide) groups is 1. The Hall–Kier alpha value is -0.950. The summed E-state index contributed by atoms with van der Waals surface area (Å²) in [7, 11) is 3.51. The lowest BCUT2D eigenvalue weighted by atomic mass is 9.95. The van der Waals surface area contributed by atoms with Gasteiger partial charge in [-0.1, -0.05) is 6.42 Å². The van der Waals surface area contributed by atoms with Crippen molar-refractivity contribution in [2.24, 2.45) is 4.99 Å². The van der Waals surface area contributed by atoms with Gasteiger partial charge in [0.15, 0.2) is 5.96 Å². The Morgan fingerprint density at radius 3 is 2.83 bits per heavy atom. The molecule has 0 saturated heterocycles. The van der Waals surface area contributed by atoms with E-state index in [0.717, 1.165) is 43.8 Å². The van der Waals surface area contributed by atoms with Crippen LogP contribution in [0.4, 0.5) is 0 Å². The van der Waals surface area contributed by atoms with Gasteiger partial charge in [-0.15, -0.1) is 0 Å². The number of carbonyl (C=O) groups excluding carboxylic acids is 1. The van der Waals surface area contributed by atoms with Gasteiger partial charge in [-0.05, 0) is 38.9 Å². The second-order valence-corrected chi connectivity index (χ2v) is 7.43. The fourth-order valence-corrected chi connectivity index (χ4v) is 3.48. The maximum absolute atomic E-state index is 11.8. The third kappa shape index (κ3) is 8.78. The quantitative estimate of drug-likeness (QED) is 0.373. The molecule has 0 radical (unpaired) electrons. The minimum atomic E-state index is 0.0102. The molecule has 0 aromatic rings. The molecule has 1 rings (SSSR count). The highest BCUT2D eigenvalue weighted by molar-refractivity contribution is 7.99. The minimum absolute atomic E-state index is 0.0102. The number of likely N-dealkylation sites (N-methyl/N-ethyl adjacent to an activating group) is 1. The van der Waals surface area contributed by atoms with E-state index in [1.807, 2.05) is 18.7 Å². The van der Waals surface area contributed by atoms with Gasteiger partial charge >= 0.3 is 0 Å². The van der Waals surface area contributed by atoms with Crippen molar-refractivity contribution in [3.8, 4) is 0 Å². The van der Waals surface area contributed by atoms with Crippen molar-refractivity contribution in [3.05, 3.63) is 0 Å². The lowest BCUT2D eigenvalue weighted by Crippen LogP contribution is -2.46. The summed E-state index contributed by atoms with van der Waals surface area (Å²) in [6, 6.07) is 0.434. The summed E-state index contributed by atoms with van der Waals surface area (Å²) in [5, 5.41) is 7.58. The average Bonchev–Trinajstić information content (AvgIpc) is 2.58. The number of amides is 1. The van der Waals surface area contributed by atoms with Gasteiger partial charge in [0.25, 0.3) is 0 Å². The molecule has 0 spiro atoms. The van der Waals surface area contributed by atoms with Gasteiger partial charge in [0, 0.05) is 45.1 Å². The molecule has 2 N–H and O–H groups in total. The summed E-state index contributed by atoms with van der Waals surface area (Å²) in [6.45, 7) is 4.45. The van der Waals surface area contributed by atoms with Crippen LogP contribution in [-0.4, -0.2) is 74.7 Å². The molecule has 0 heterocycles. The number of rotatable bonds is 9. The van der Waals surface area contributed by atoms with E-state index in [4.69, 9.17) is 4.74 Å². The topological polar surface area (TPSA) is 66.0 Å². The summed E-state index contributed by atoms with van der Waals surface area (Å²) >= 11 is 1.95. The molecule has 0 bridgehead atoms. The summed E-state index contributed by atoms with van der Waals surface area (Å²) in [5.74, 6) is 0.754. The third-order valence-corrected chi connectivity index (χ3v) is 5.23. The largest absolute Gasteiger partial charge is 0.382 e. The molecule has 1 aliphatic rings. The Bertz CT molecular complexity index is 391. The molecular weight excluding hydrogens is 324 g/mol. The minimum Gasteiger partial charge on any atom is -0.382 e. The van der Waals surface area contributed by atoms with Crippen LogP contribution in [0.2, 0.25) is 0 Å². The van der Waals surface area contributed by atoms with Crippen LogP contribution in [0.5, 0.6) is 0 Å². The molecule has 24 heavy (non-hydrogen) atoms. The summed E-state index contributed by atoms with van der Waals surface area (Å²) in [5.41, 5.74) is 0. The van der Waals surface area contributed by atoms with Gasteiger partial charge < -0.3 is 20.3 Å². The predicted molar refractivity (Wildman–Crippen MR) is 103 cm³/mol. The van der Waals surface area contributed by atoms with Crippen molar-refractivity contribution in [1.82, 2.24) is 15.5 Å². The second-order valence-electron chi connectivity index (χ2n) is 6.30. The van der Waals surface area contributed by atoms with Crippen LogP contribution in [-0.2, 0) is 9.53 Å². The van der Waals surface area contributed by atoms with Gasteiger partial charge in [0.05, 0.1) is 0 Å². The van der Waals surface area contributed by atoms with Gasteiger partial charge in [-0.3, -0.25) is 4.79 Å². The number of nitrogens with zero attached hydrogens (tertiary/aromatic N) is 2. The van der Waals surface area contributed by atoms with Crippen molar-refractivity contribution in [2.45, 2.75) is 50.3 Å². The van der Waals surface area contributed by atoms with Crippen LogP contribution in [0.25, 0.3) is 0 Å².